The Morgan fingerprint density at radius 3 is 2.25 bits per heavy atom. The second-order valence-electron chi connectivity index (χ2n) is 2.94. The van der Waals surface area contributed by atoms with Crippen LogP contribution in [0.15, 0.2) is 18.2 Å². The molecule has 0 N–H and O–H groups in total. The largest absolute Gasteiger partial charge is 0.573 e. The van der Waals surface area contributed by atoms with Gasteiger partial charge < -0.3 is 9.47 Å². The Morgan fingerprint density at radius 1 is 1.25 bits per heavy atom. The van der Waals surface area contributed by atoms with Crippen LogP contribution in [0.2, 0.25) is 0 Å². The zero-order valence-electron chi connectivity index (χ0n) is 8.59. The number of alkyl halides is 3. The van der Waals surface area contributed by atoms with E-state index in [1.54, 1.807) is 0 Å². The normalized spacial score (nSPS) is 11.1. The molecule has 0 amide bonds. The van der Waals surface area contributed by atoms with Gasteiger partial charge in [-0.2, -0.15) is 0 Å². The molecule has 0 unspecified atom stereocenters. The first-order chi connectivity index (χ1) is 7.35. The lowest BCUT2D eigenvalue weighted by Crippen LogP contribution is -2.19. The van der Waals surface area contributed by atoms with Crippen molar-refractivity contribution in [1.82, 2.24) is 0 Å². The Labute approximate surface area is 89.8 Å². The van der Waals surface area contributed by atoms with Gasteiger partial charge in [0.1, 0.15) is 17.1 Å². The van der Waals surface area contributed by atoms with Gasteiger partial charge in [-0.25, -0.2) is 0 Å². The maximum atomic E-state index is 12.0. The van der Waals surface area contributed by atoms with Crippen molar-refractivity contribution >= 4 is 5.78 Å². The van der Waals surface area contributed by atoms with E-state index in [1.165, 1.54) is 19.2 Å². The van der Waals surface area contributed by atoms with E-state index in [2.05, 4.69) is 4.74 Å². The van der Waals surface area contributed by atoms with Crippen LogP contribution in [0, 0.1) is 0 Å². The van der Waals surface area contributed by atoms with Crippen molar-refractivity contribution in [3.8, 4) is 11.5 Å². The molecule has 0 saturated carbocycles. The Kier molecular flexibility index (Phi) is 3.41. The minimum Gasteiger partial charge on any atom is -0.496 e. The van der Waals surface area contributed by atoms with Crippen molar-refractivity contribution in [3.63, 3.8) is 0 Å². The van der Waals surface area contributed by atoms with Gasteiger partial charge in [0.15, 0.2) is 5.78 Å². The van der Waals surface area contributed by atoms with Crippen molar-refractivity contribution in [2.75, 3.05) is 7.11 Å². The average Bonchev–Trinajstić information content (AvgIpc) is 2.14. The summed E-state index contributed by atoms with van der Waals surface area (Å²) in [6.45, 7) is 1.14. The molecule has 88 valence electrons. The molecule has 0 atom stereocenters. The summed E-state index contributed by atoms with van der Waals surface area (Å²) in [6.07, 6.45) is -4.84. The molecule has 6 heteroatoms. The van der Waals surface area contributed by atoms with Gasteiger partial charge in [0.25, 0.3) is 0 Å². The molecule has 1 aromatic carbocycles. The summed E-state index contributed by atoms with van der Waals surface area (Å²) in [5.41, 5.74) is -0.220. The van der Waals surface area contributed by atoms with Gasteiger partial charge in [0, 0.05) is 0 Å². The minimum atomic E-state index is -4.84. The summed E-state index contributed by atoms with van der Waals surface area (Å²) in [4.78, 5) is 11.2. The highest BCUT2D eigenvalue weighted by molar-refractivity contribution is 5.99. The van der Waals surface area contributed by atoms with Crippen molar-refractivity contribution in [2.24, 2.45) is 0 Å². The van der Waals surface area contributed by atoms with E-state index in [9.17, 15) is 18.0 Å². The number of benzene rings is 1. The zero-order valence-corrected chi connectivity index (χ0v) is 8.59. The Balaban J connectivity index is 3.22. The number of Topliss-reactive ketones (excluding diaryl/α,β-unsaturated/α-hetero) is 1. The molecule has 0 aliphatic rings. The summed E-state index contributed by atoms with van der Waals surface area (Å²) in [7, 11) is 1.26. The number of rotatable bonds is 3. The second kappa shape index (κ2) is 4.42. The van der Waals surface area contributed by atoms with Crippen LogP contribution >= 0.6 is 0 Å². The molecule has 0 radical (unpaired) electrons. The monoisotopic (exact) mass is 234 g/mol. The maximum absolute atomic E-state index is 12.0. The van der Waals surface area contributed by atoms with Crippen molar-refractivity contribution in [2.45, 2.75) is 13.3 Å². The van der Waals surface area contributed by atoms with Gasteiger partial charge >= 0.3 is 6.36 Å². The molecule has 0 aromatic heterocycles. The highest BCUT2D eigenvalue weighted by Crippen LogP contribution is 2.32. The van der Waals surface area contributed by atoms with Gasteiger partial charge in [-0.3, -0.25) is 4.79 Å². The quantitative estimate of drug-likeness (QED) is 0.754. The molecular weight excluding hydrogens is 225 g/mol. The third kappa shape index (κ3) is 2.88. The van der Waals surface area contributed by atoms with Gasteiger partial charge in [0.2, 0.25) is 0 Å². The molecule has 0 heterocycles. The lowest BCUT2D eigenvalue weighted by molar-refractivity contribution is -0.274. The smallest absolute Gasteiger partial charge is 0.496 e. The Hall–Kier alpha value is -1.72. The summed E-state index contributed by atoms with van der Waals surface area (Å²) in [5.74, 6) is -1.06. The topological polar surface area (TPSA) is 35.5 Å². The number of ether oxygens (including phenoxy) is 2. The zero-order chi connectivity index (χ0) is 12.3. The number of hydrogen-bond donors (Lipinski definition) is 0. The fraction of sp³-hybridized carbons (Fsp3) is 0.300. The van der Waals surface area contributed by atoms with Crippen LogP contribution in [0.25, 0.3) is 0 Å². The Bertz CT molecular complexity index is 399. The number of ketones is 1. The van der Waals surface area contributed by atoms with Crippen LogP contribution < -0.4 is 9.47 Å². The molecule has 0 bridgehead atoms. The first-order valence-electron chi connectivity index (χ1n) is 4.29. The third-order valence-electron chi connectivity index (χ3n) is 1.79. The average molecular weight is 234 g/mol. The van der Waals surface area contributed by atoms with Gasteiger partial charge in [-0.15, -0.1) is 13.2 Å². The molecule has 0 aliphatic carbocycles. The summed E-state index contributed by atoms with van der Waals surface area (Å²) < 4.78 is 44.7. The maximum Gasteiger partial charge on any atom is 0.573 e. The third-order valence-corrected chi connectivity index (χ3v) is 1.79. The van der Waals surface area contributed by atoms with Crippen LogP contribution in [-0.2, 0) is 0 Å². The van der Waals surface area contributed by atoms with Crippen LogP contribution in [0.1, 0.15) is 17.3 Å². The first kappa shape index (κ1) is 12.4. The van der Waals surface area contributed by atoms with Crippen molar-refractivity contribution < 1.29 is 27.4 Å². The SMILES string of the molecule is COc1cccc(OC(F)(F)F)c1C(C)=O. The minimum absolute atomic E-state index is 0.0502. The van der Waals surface area contributed by atoms with E-state index in [1.807, 2.05) is 0 Å². The van der Waals surface area contributed by atoms with Gasteiger partial charge in [0.05, 0.1) is 7.11 Å². The van der Waals surface area contributed by atoms with Crippen molar-refractivity contribution in [1.29, 1.82) is 0 Å². The van der Waals surface area contributed by atoms with E-state index in [-0.39, 0.29) is 11.3 Å². The number of carbonyl (C=O) groups is 1. The van der Waals surface area contributed by atoms with Crippen molar-refractivity contribution in [3.05, 3.63) is 23.8 Å². The molecule has 0 spiro atoms. The van der Waals surface area contributed by atoms with E-state index >= 15 is 0 Å². The van der Waals surface area contributed by atoms with Gasteiger partial charge in [-0.1, -0.05) is 6.07 Å². The lowest BCUT2D eigenvalue weighted by atomic mass is 10.1. The predicted molar refractivity (Wildman–Crippen MR) is 49.7 cm³/mol. The molecule has 1 rings (SSSR count). The second-order valence-corrected chi connectivity index (χ2v) is 2.94. The predicted octanol–water partition coefficient (Wildman–Crippen LogP) is 2.80. The fourth-order valence-electron chi connectivity index (χ4n) is 1.24. The molecule has 1 aromatic rings. The van der Waals surface area contributed by atoms with E-state index in [0.717, 1.165) is 13.0 Å². The number of methoxy groups -OCH3 is 1. The Morgan fingerprint density at radius 2 is 1.81 bits per heavy atom. The van der Waals surface area contributed by atoms with E-state index in [4.69, 9.17) is 4.74 Å². The summed E-state index contributed by atoms with van der Waals surface area (Å²) in [6, 6.07) is 3.76. The fourth-order valence-corrected chi connectivity index (χ4v) is 1.24. The van der Waals surface area contributed by atoms with Crippen LogP contribution in [0.5, 0.6) is 11.5 Å². The molecule has 16 heavy (non-hydrogen) atoms. The summed E-state index contributed by atoms with van der Waals surface area (Å²) in [5, 5.41) is 0. The molecular formula is C10H9F3O3. The van der Waals surface area contributed by atoms with E-state index < -0.39 is 17.9 Å². The highest BCUT2D eigenvalue weighted by atomic mass is 19.4. The molecule has 0 fully saturated rings. The van der Waals surface area contributed by atoms with Gasteiger partial charge in [-0.05, 0) is 19.1 Å². The molecule has 3 nitrogen and oxygen atoms in total. The number of halogens is 3. The number of carbonyl (C=O) groups excluding carboxylic acids is 1. The van der Waals surface area contributed by atoms with Crippen LogP contribution in [0.3, 0.4) is 0 Å². The standard InChI is InChI=1S/C10H9F3O3/c1-6(14)9-7(15-2)4-3-5-8(9)16-10(11,12)13/h3-5H,1-2H3. The number of hydrogen-bond acceptors (Lipinski definition) is 3. The molecule has 0 saturated heterocycles. The highest BCUT2D eigenvalue weighted by Gasteiger charge is 2.33. The first-order valence-corrected chi connectivity index (χ1v) is 4.29. The van der Waals surface area contributed by atoms with Crippen LogP contribution in [-0.4, -0.2) is 19.3 Å². The lowest BCUT2D eigenvalue weighted by Gasteiger charge is -2.13. The molecule has 0 aliphatic heterocycles. The summed E-state index contributed by atoms with van der Waals surface area (Å²) >= 11 is 0. The van der Waals surface area contributed by atoms with Crippen LogP contribution in [0.4, 0.5) is 13.2 Å². The van der Waals surface area contributed by atoms with E-state index in [0.29, 0.717) is 0 Å².